The van der Waals surface area contributed by atoms with Crippen molar-refractivity contribution in [1.29, 1.82) is 0 Å². The molecule has 0 atom stereocenters. The average Bonchev–Trinajstić information content (AvgIpc) is 2.51. The molecule has 0 aliphatic rings. The number of anilines is 1. The summed E-state index contributed by atoms with van der Waals surface area (Å²) in [6.07, 6.45) is 0.940. The van der Waals surface area contributed by atoms with Gasteiger partial charge in [0.1, 0.15) is 0 Å². The van der Waals surface area contributed by atoms with Gasteiger partial charge in [-0.05, 0) is 20.3 Å². The molecule has 5 heteroatoms. The summed E-state index contributed by atoms with van der Waals surface area (Å²) in [6.45, 7) is 6.08. The first-order valence-corrected chi connectivity index (χ1v) is 4.45. The lowest BCUT2D eigenvalue weighted by Gasteiger charge is -2.00. The van der Waals surface area contributed by atoms with Crippen molar-refractivity contribution in [3.05, 3.63) is 5.82 Å². The highest BCUT2D eigenvalue weighted by Gasteiger charge is 1.99. The molecule has 0 saturated carbocycles. The zero-order valence-electron chi connectivity index (χ0n) is 8.04. The molecule has 0 spiro atoms. The number of hydrogen-bond acceptors (Lipinski definition) is 5. The summed E-state index contributed by atoms with van der Waals surface area (Å²) in [5.74, 6) is 0.646. The fourth-order valence-electron chi connectivity index (χ4n) is 0.883. The summed E-state index contributed by atoms with van der Waals surface area (Å²) in [7, 11) is 0. The molecule has 1 rings (SSSR count). The Hall–Kier alpha value is -1.10. The van der Waals surface area contributed by atoms with Crippen LogP contribution in [-0.4, -0.2) is 29.9 Å². The van der Waals surface area contributed by atoms with Gasteiger partial charge in [-0.3, -0.25) is 0 Å². The van der Waals surface area contributed by atoms with Crippen molar-refractivity contribution in [2.24, 2.45) is 0 Å². The zero-order valence-corrected chi connectivity index (χ0v) is 8.04. The molecule has 1 heterocycles. The highest BCUT2D eigenvalue weighted by Crippen LogP contribution is 2.01. The Balaban J connectivity index is 2.06. The quantitative estimate of drug-likeness (QED) is 0.675. The smallest absolute Gasteiger partial charge is 0.321 e. The first-order valence-electron chi connectivity index (χ1n) is 4.45. The van der Waals surface area contributed by atoms with Crippen LogP contribution < -0.4 is 5.32 Å². The molecule has 5 nitrogen and oxygen atoms in total. The molecule has 1 aromatic heterocycles. The largest absolute Gasteiger partial charge is 0.382 e. The summed E-state index contributed by atoms with van der Waals surface area (Å²) in [5, 5.41) is 6.66. The van der Waals surface area contributed by atoms with Gasteiger partial charge in [0.2, 0.25) is 0 Å². The zero-order chi connectivity index (χ0) is 9.52. The predicted octanol–water partition coefficient (Wildman–Crippen LogP) is 1.22. The van der Waals surface area contributed by atoms with Crippen molar-refractivity contribution in [2.45, 2.75) is 20.3 Å². The normalized spacial score (nSPS) is 10.3. The van der Waals surface area contributed by atoms with Gasteiger partial charge < -0.3 is 14.6 Å². The third-order valence-corrected chi connectivity index (χ3v) is 1.47. The minimum atomic E-state index is 0.481. The van der Waals surface area contributed by atoms with Crippen LogP contribution in [0.1, 0.15) is 19.2 Å². The molecule has 0 unspecified atom stereocenters. The number of nitrogens with zero attached hydrogens (tertiary/aromatic N) is 2. The van der Waals surface area contributed by atoms with Crippen LogP contribution >= 0.6 is 0 Å². The van der Waals surface area contributed by atoms with Gasteiger partial charge in [-0.2, -0.15) is 4.98 Å². The maximum Gasteiger partial charge on any atom is 0.321 e. The Morgan fingerprint density at radius 1 is 1.54 bits per heavy atom. The molecule has 0 amide bonds. The number of nitrogens with one attached hydrogen (secondary N) is 1. The van der Waals surface area contributed by atoms with E-state index in [2.05, 4.69) is 15.5 Å². The van der Waals surface area contributed by atoms with Crippen molar-refractivity contribution in [1.82, 2.24) is 10.1 Å². The Bertz CT molecular complexity index is 237. The van der Waals surface area contributed by atoms with Gasteiger partial charge in [0.25, 0.3) is 0 Å². The van der Waals surface area contributed by atoms with Crippen LogP contribution in [0.3, 0.4) is 0 Å². The number of rotatable bonds is 6. The van der Waals surface area contributed by atoms with E-state index in [1.807, 2.05) is 6.92 Å². The number of aryl methyl sites for hydroxylation is 1. The molecule has 0 radical (unpaired) electrons. The summed E-state index contributed by atoms with van der Waals surface area (Å²) in [4.78, 5) is 4.00. The van der Waals surface area contributed by atoms with Gasteiger partial charge in [-0.15, -0.1) is 0 Å². The van der Waals surface area contributed by atoms with Crippen molar-refractivity contribution < 1.29 is 9.26 Å². The predicted molar refractivity (Wildman–Crippen MR) is 48.6 cm³/mol. The molecule has 0 saturated heterocycles. The van der Waals surface area contributed by atoms with E-state index in [1.165, 1.54) is 0 Å². The van der Waals surface area contributed by atoms with E-state index in [9.17, 15) is 0 Å². The topological polar surface area (TPSA) is 60.2 Å². The molecule has 0 aliphatic carbocycles. The molecule has 1 aromatic rings. The van der Waals surface area contributed by atoms with Crippen molar-refractivity contribution >= 4 is 6.01 Å². The highest BCUT2D eigenvalue weighted by atomic mass is 16.5. The van der Waals surface area contributed by atoms with Gasteiger partial charge >= 0.3 is 6.01 Å². The Morgan fingerprint density at radius 2 is 2.38 bits per heavy atom. The summed E-state index contributed by atoms with van der Waals surface area (Å²) in [6, 6.07) is 0.481. The Morgan fingerprint density at radius 3 is 3.00 bits per heavy atom. The van der Waals surface area contributed by atoms with E-state index < -0.39 is 0 Å². The van der Waals surface area contributed by atoms with E-state index in [0.29, 0.717) is 11.8 Å². The standard InChI is InChI=1S/C8H15N3O2/c1-3-12-6-4-5-9-8-10-7(2)11-13-8/h3-6H2,1-2H3,(H,9,10,11). The lowest BCUT2D eigenvalue weighted by atomic mass is 10.4. The number of ether oxygens (including phenoxy) is 1. The maximum atomic E-state index is 5.17. The molecule has 0 fully saturated rings. The van der Waals surface area contributed by atoms with E-state index in [0.717, 1.165) is 26.2 Å². The van der Waals surface area contributed by atoms with Gasteiger partial charge in [-0.25, -0.2) is 0 Å². The van der Waals surface area contributed by atoms with Crippen LogP contribution in [0.15, 0.2) is 4.52 Å². The highest BCUT2D eigenvalue weighted by molar-refractivity contribution is 5.17. The minimum Gasteiger partial charge on any atom is -0.382 e. The second kappa shape index (κ2) is 5.53. The molecule has 1 N–H and O–H groups in total. The molecule has 0 bridgehead atoms. The van der Waals surface area contributed by atoms with E-state index in [-0.39, 0.29) is 0 Å². The van der Waals surface area contributed by atoms with E-state index in [1.54, 1.807) is 6.92 Å². The monoisotopic (exact) mass is 185 g/mol. The van der Waals surface area contributed by atoms with E-state index >= 15 is 0 Å². The summed E-state index contributed by atoms with van der Waals surface area (Å²) in [5.41, 5.74) is 0. The van der Waals surface area contributed by atoms with Gasteiger partial charge in [0.05, 0.1) is 0 Å². The molecule has 74 valence electrons. The first-order chi connectivity index (χ1) is 6.33. The number of aromatic nitrogens is 2. The van der Waals surface area contributed by atoms with Gasteiger partial charge in [-0.1, -0.05) is 5.16 Å². The minimum absolute atomic E-state index is 0.481. The molecule has 0 aromatic carbocycles. The van der Waals surface area contributed by atoms with Crippen LogP contribution in [0.4, 0.5) is 6.01 Å². The first kappa shape index (κ1) is 9.98. The SMILES string of the molecule is CCOCCCNc1nc(C)no1. The molecular weight excluding hydrogens is 170 g/mol. The van der Waals surface area contributed by atoms with Crippen molar-refractivity contribution in [3.63, 3.8) is 0 Å². The molecule has 0 aliphatic heterocycles. The van der Waals surface area contributed by atoms with Crippen molar-refractivity contribution in [2.75, 3.05) is 25.1 Å². The third kappa shape index (κ3) is 3.89. The fourth-order valence-corrected chi connectivity index (χ4v) is 0.883. The molecule has 13 heavy (non-hydrogen) atoms. The van der Waals surface area contributed by atoms with Gasteiger partial charge in [0, 0.05) is 19.8 Å². The van der Waals surface area contributed by atoms with Crippen LogP contribution in [-0.2, 0) is 4.74 Å². The fraction of sp³-hybridized carbons (Fsp3) is 0.750. The average molecular weight is 185 g/mol. The maximum absolute atomic E-state index is 5.17. The van der Waals surface area contributed by atoms with Crippen molar-refractivity contribution in [3.8, 4) is 0 Å². The van der Waals surface area contributed by atoms with Crippen LogP contribution in [0.2, 0.25) is 0 Å². The third-order valence-electron chi connectivity index (χ3n) is 1.47. The second-order valence-electron chi connectivity index (χ2n) is 2.62. The van der Waals surface area contributed by atoms with Crippen LogP contribution in [0.5, 0.6) is 0 Å². The van der Waals surface area contributed by atoms with Gasteiger partial charge in [0.15, 0.2) is 5.82 Å². The summed E-state index contributed by atoms with van der Waals surface area (Å²) < 4.78 is 10.0. The van der Waals surface area contributed by atoms with Crippen LogP contribution in [0.25, 0.3) is 0 Å². The van der Waals surface area contributed by atoms with E-state index in [4.69, 9.17) is 9.26 Å². The Kier molecular flexibility index (Phi) is 4.25. The Labute approximate surface area is 77.5 Å². The lowest BCUT2D eigenvalue weighted by Crippen LogP contribution is -2.05. The van der Waals surface area contributed by atoms with Crippen LogP contribution in [0, 0.1) is 6.92 Å². The molecular formula is C8H15N3O2. The lowest BCUT2D eigenvalue weighted by molar-refractivity contribution is 0.147. The second-order valence-corrected chi connectivity index (χ2v) is 2.62. The summed E-state index contributed by atoms with van der Waals surface area (Å²) >= 11 is 0. The number of hydrogen-bond donors (Lipinski definition) is 1.